The summed E-state index contributed by atoms with van der Waals surface area (Å²) in [5.41, 5.74) is 2.16. The fraction of sp³-hybridized carbons (Fsp3) is 0.200. The molecule has 1 atom stereocenters. The number of nitrogens with one attached hydrogen (secondary N) is 1. The van der Waals surface area contributed by atoms with Crippen LogP contribution in [0.3, 0.4) is 0 Å². The second-order valence-corrected chi connectivity index (χ2v) is 5.60. The zero-order chi connectivity index (χ0) is 14.7. The van der Waals surface area contributed by atoms with E-state index < -0.39 is 5.97 Å². The lowest BCUT2D eigenvalue weighted by atomic mass is 10.0. The van der Waals surface area contributed by atoms with Crippen LogP contribution in [0.1, 0.15) is 43.4 Å². The highest BCUT2D eigenvalue weighted by Crippen LogP contribution is 2.20. The molecule has 0 aliphatic rings. The summed E-state index contributed by atoms with van der Waals surface area (Å²) in [5.74, 6) is -1.26. The van der Waals surface area contributed by atoms with E-state index in [0.717, 1.165) is 22.5 Å². The van der Waals surface area contributed by atoms with E-state index in [1.54, 1.807) is 0 Å². The third-order valence-electron chi connectivity index (χ3n) is 3.04. The smallest absolute Gasteiger partial charge is 0.345 e. The van der Waals surface area contributed by atoms with Crippen LogP contribution in [-0.4, -0.2) is 17.0 Å². The van der Waals surface area contributed by atoms with Gasteiger partial charge in [-0.3, -0.25) is 4.79 Å². The molecule has 0 fully saturated rings. The summed E-state index contributed by atoms with van der Waals surface area (Å²) in [6, 6.07) is 10.7. The molecule has 0 aliphatic heterocycles. The molecule has 0 spiro atoms. The van der Waals surface area contributed by atoms with Gasteiger partial charge in [0.1, 0.15) is 4.88 Å². The van der Waals surface area contributed by atoms with E-state index in [1.165, 1.54) is 12.1 Å². The van der Waals surface area contributed by atoms with E-state index in [1.807, 2.05) is 38.1 Å². The number of amides is 1. The van der Waals surface area contributed by atoms with Crippen molar-refractivity contribution in [1.82, 2.24) is 5.32 Å². The Balaban J connectivity index is 2.11. The molecule has 1 heterocycles. The van der Waals surface area contributed by atoms with Gasteiger partial charge in [-0.25, -0.2) is 4.79 Å². The zero-order valence-electron chi connectivity index (χ0n) is 11.2. The van der Waals surface area contributed by atoms with Crippen molar-refractivity contribution >= 4 is 23.2 Å². The second kappa shape index (κ2) is 5.88. The molecule has 1 amide bonds. The summed E-state index contributed by atoms with van der Waals surface area (Å²) in [7, 11) is 0. The lowest BCUT2D eigenvalue weighted by Crippen LogP contribution is -2.26. The van der Waals surface area contributed by atoms with E-state index in [2.05, 4.69) is 5.32 Å². The number of carbonyl (C=O) groups excluding carboxylic acids is 1. The molecular formula is C15H15NO3S. The Hall–Kier alpha value is -2.14. The molecule has 1 aromatic heterocycles. The van der Waals surface area contributed by atoms with E-state index in [4.69, 9.17) is 5.11 Å². The monoisotopic (exact) mass is 289 g/mol. The summed E-state index contributed by atoms with van der Waals surface area (Å²) >= 11 is 0.979. The number of carboxylic acid groups (broad SMARTS) is 1. The summed E-state index contributed by atoms with van der Waals surface area (Å²) in [5, 5.41) is 11.7. The van der Waals surface area contributed by atoms with Crippen LogP contribution in [0.5, 0.6) is 0 Å². The molecular weight excluding hydrogens is 274 g/mol. The van der Waals surface area contributed by atoms with E-state index in [-0.39, 0.29) is 16.8 Å². The van der Waals surface area contributed by atoms with Crippen molar-refractivity contribution in [2.45, 2.75) is 19.9 Å². The predicted molar refractivity (Wildman–Crippen MR) is 78.3 cm³/mol. The van der Waals surface area contributed by atoms with Gasteiger partial charge in [-0.15, -0.1) is 11.3 Å². The van der Waals surface area contributed by atoms with Gasteiger partial charge in [0.25, 0.3) is 5.91 Å². The van der Waals surface area contributed by atoms with Crippen molar-refractivity contribution in [2.24, 2.45) is 0 Å². The minimum absolute atomic E-state index is 0.126. The second-order valence-electron chi connectivity index (χ2n) is 4.52. The van der Waals surface area contributed by atoms with Crippen LogP contribution < -0.4 is 5.32 Å². The number of thiophene rings is 1. The van der Waals surface area contributed by atoms with Crippen molar-refractivity contribution in [3.8, 4) is 0 Å². The molecule has 0 bridgehead atoms. The largest absolute Gasteiger partial charge is 0.477 e. The molecule has 5 heteroatoms. The molecule has 104 valence electrons. The molecule has 0 saturated heterocycles. The average molecular weight is 289 g/mol. The first-order valence-electron chi connectivity index (χ1n) is 6.18. The molecule has 0 radical (unpaired) electrons. The Bertz CT molecular complexity index is 648. The normalized spacial score (nSPS) is 11.9. The molecule has 0 aliphatic carbocycles. The maximum absolute atomic E-state index is 12.1. The molecule has 2 N–H and O–H groups in total. The van der Waals surface area contributed by atoms with Gasteiger partial charge in [0, 0.05) is 0 Å². The van der Waals surface area contributed by atoms with Gasteiger partial charge in [-0.2, -0.15) is 0 Å². The van der Waals surface area contributed by atoms with Crippen LogP contribution in [0.4, 0.5) is 0 Å². The van der Waals surface area contributed by atoms with Crippen molar-refractivity contribution in [1.29, 1.82) is 0 Å². The number of aromatic carboxylic acids is 1. The number of hydrogen-bond donors (Lipinski definition) is 2. The van der Waals surface area contributed by atoms with Gasteiger partial charge in [0.2, 0.25) is 0 Å². The van der Waals surface area contributed by atoms with Crippen molar-refractivity contribution in [2.75, 3.05) is 0 Å². The SMILES string of the molecule is Cc1ccccc1C(C)NC(=O)c1ccc(C(=O)O)s1. The highest BCUT2D eigenvalue weighted by Gasteiger charge is 2.16. The number of benzene rings is 1. The minimum Gasteiger partial charge on any atom is -0.477 e. The van der Waals surface area contributed by atoms with Gasteiger partial charge < -0.3 is 10.4 Å². The third-order valence-corrected chi connectivity index (χ3v) is 4.12. The molecule has 1 unspecified atom stereocenters. The lowest BCUT2D eigenvalue weighted by Gasteiger charge is -2.15. The summed E-state index contributed by atoms with van der Waals surface area (Å²) < 4.78 is 0. The maximum atomic E-state index is 12.1. The number of hydrogen-bond acceptors (Lipinski definition) is 3. The predicted octanol–water partition coefficient (Wildman–Crippen LogP) is 3.25. The Kier molecular flexibility index (Phi) is 4.20. The highest BCUT2D eigenvalue weighted by atomic mass is 32.1. The fourth-order valence-electron chi connectivity index (χ4n) is 1.99. The van der Waals surface area contributed by atoms with Crippen LogP contribution in [0.25, 0.3) is 0 Å². The van der Waals surface area contributed by atoms with Crippen LogP contribution >= 0.6 is 11.3 Å². The fourth-order valence-corrected chi connectivity index (χ4v) is 2.74. The summed E-state index contributed by atoms with van der Waals surface area (Å²) in [6.07, 6.45) is 0. The summed E-state index contributed by atoms with van der Waals surface area (Å²) in [6.45, 7) is 3.90. The maximum Gasteiger partial charge on any atom is 0.345 e. The van der Waals surface area contributed by atoms with E-state index in [9.17, 15) is 9.59 Å². The summed E-state index contributed by atoms with van der Waals surface area (Å²) in [4.78, 5) is 23.5. The molecule has 2 aromatic rings. The van der Waals surface area contributed by atoms with E-state index >= 15 is 0 Å². The quantitative estimate of drug-likeness (QED) is 0.908. The zero-order valence-corrected chi connectivity index (χ0v) is 12.0. The van der Waals surface area contributed by atoms with Crippen LogP contribution in [-0.2, 0) is 0 Å². The molecule has 20 heavy (non-hydrogen) atoms. The highest BCUT2D eigenvalue weighted by molar-refractivity contribution is 7.15. The van der Waals surface area contributed by atoms with Crippen molar-refractivity contribution in [3.63, 3.8) is 0 Å². The topological polar surface area (TPSA) is 66.4 Å². The van der Waals surface area contributed by atoms with Crippen molar-refractivity contribution in [3.05, 3.63) is 57.3 Å². The van der Waals surface area contributed by atoms with Gasteiger partial charge >= 0.3 is 5.97 Å². The number of carboxylic acids is 1. The number of carbonyl (C=O) groups is 2. The Morgan fingerprint density at radius 3 is 2.40 bits per heavy atom. The Morgan fingerprint density at radius 1 is 1.15 bits per heavy atom. The Morgan fingerprint density at radius 2 is 1.80 bits per heavy atom. The Labute approximate surface area is 121 Å². The van der Waals surface area contributed by atoms with Crippen LogP contribution in [0.2, 0.25) is 0 Å². The van der Waals surface area contributed by atoms with Gasteiger partial charge in [-0.05, 0) is 37.1 Å². The van der Waals surface area contributed by atoms with Gasteiger partial charge in [0.15, 0.2) is 0 Å². The van der Waals surface area contributed by atoms with Crippen LogP contribution in [0, 0.1) is 6.92 Å². The van der Waals surface area contributed by atoms with Gasteiger partial charge in [-0.1, -0.05) is 24.3 Å². The minimum atomic E-state index is -1.01. The molecule has 4 nitrogen and oxygen atoms in total. The first kappa shape index (κ1) is 14.3. The first-order chi connectivity index (χ1) is 9.49. The van der Waals surface area contributed by atoms with Crippen molar-refractivity contribution < 1.29 is 14.7 Å². The van der Waals surface area contributed by atoms with Gasteiger partial charge in [0.05, 0.1) is 10.9 Å². The van der Waals surface area contributed by atoms with E-state index in [0.29, 0.717) is 4.88 Å². The number of aryl methyl sites for hydroxylation is 1. The standard InChI is InChI=1S/C15H15NO3S/c1-9-5-3-4-6-11(9)10(2)16-14(17)12-7-8-13(20-12)15(18)19/h3-8,10H,1-2H3,(H,16,17)(H,18,19). The first-order valence-corrected chi connectivity index (χ1v) is 7.00. The third kappa shape index (κ3) is 3.05. The molecule has 0 saturated carbocycles. The molecule has 2 rings (SSSR count). The average Bonchev–Trinajstić information content (AvgIpc) is 2.88. The lowest BCUT2D eigenvalue weighted by molar-refractivity contribution is 0.0702. The number of rotatable bonds is 4. The van der Waals surface area contributed by atoms with Crippen LogP contribution in [0.15, 0.2) is 36.4 Å². The molecule has 1 aromatic carbocycles.